The molecule has 2 aliphatic rings. The first-order valence-electron chi connectivity index (χ1n) is 9.32. The molecule has 1 aromatic heterocycles. The summed E-state index contributed by atoms with van der Waals surface area (Å²) in [6.07, 6.45) is 8.01. The Morgan fingerprint density at radius 2 is 1.92 bits per heavy atom. The van der Waals surface area contributed by atoms with Gasteiger partial charge in [0, 0.05) is 31.5 Å². The third-order valence-corrected chi connectivity index (χ3v) is 5.46. The fourth-order valence-electron chi connectivity index (χ4n) is 3.89. The highest BCUT2D eigenvalue weighted by atomic mass is 16.2. The SMILES string of the molecule is CC1CCN(C(=O)c2cncc(N3CCCc4ccccc43)c2)CC1. The van der Waals surface area contributed by atoms with E-state index in [-0.39, 0.29) is 5.91 Å². The molecule has 3 heterocycles. The van der Waals surface area contributed by atoms with Gasteiger partial charge in [0.05, 0.1) is 17.4 Å². The minimum Gasteiger partial charge on any atom is -0.340 e. The molecular weight excluding hydrogens is 310 g/mol. The van der Waals surface area contributed by atoms with Crippen molar-refractivity contribution in [3.05, 3.63) is 53.9 Å². The van der Waals surface area contributed by atoms with E-state index in [1.807, 2.05) is 17.2 Å². The van der Waals surface area contributed by atoms with E-state index in [1.54, 1.807) is 6.20 Å². The summed E-state index contributed by atoms with van der Waals surface area (Å²) in [6, 6.07) is 10.5. The molecule has 130 valence electrons. The number of likely N-dealkylation sites (tertiary alicyclic amines) is 1. The van der Waals surface area contributed by atoms with Crippen LogP contribution in [0.25, 0.3) is 0 Å². The average molecular weight is 335 g/mol. The van der Waals surface area contributed by atoms with Crippen LogP contribution in [-0.2, 0) is 6.42 Å². The van der Waals surface area contributed by atoms with Gasteiger partial charge in [0.15, 0.2) is 0 Å². The second-order valence-electron chi connectivity index (χ2n) is 7.29. The number of hydrogen-bond acceptors (Lipinski definition) is 3. The fraction of sp³-hybridized carbons (Fsp3) is 0.429. The van der Waals surface area contributed by atoms with E-state index in [9.17, 15) is 4.79 Å². The predicted octanol–water partition coefficient (Wildman–Crippen LogP) is 4.04. The van der Waals surface area contributed by atoms with Crippen LogP contribution in [0.15, 0.2) is 42.7 Å². The van der Waals surface area contributed by atoms with Crippen LogP contribution < -0.4 is 4.90 Å². The van der Waals surface area contributed by atoms with Gasteiger partial charge in [0.2, 0.25) is 0 Å². The Balaban J connectivity index is 1.59. The number of amides is 1. The van der Waals surface area contributed by atoms with Crippen LogP contribution in [0.5, 0.6) is 0 Å². The van der Waals surface area contributed by atoms with Crippen molar-refractivity contribution in [3.63, 3.8) is 0 Å². The molecule has 0 saturated carbocycles. The monoisotopic (exact) mass is 335 g/mol. The van der Waals surface area contributed by atoms with Gasteiger partial charge >= 0.3 is 0 Å². The van der Waals surface area contributed by atoms with E-state index in [4.69, 9.17) is 0 Å². The smallest absolute Gasteiger partial charge is 0.255 e. The van der Waals surface area contributed by atoms with E-state index >= 15 is 0 Å². The van der Waals surface area contributed by atoms with Crippen LogP contribution >= 0.6 is 0 Å². The Labute approximate surface area is 149 Å². The number of anilines is 2. The van der Waals surface area contributed by atoms with Crippen molar-refractivity contribution >= 4 is 17.3 Å². The molecule has 4 heteroatoms. The number of nitrogens with zero attached hydrogens (tertiary/aromatic N) is 3. The Kier molecular flexibility index (Phi) is 4.43. The molecule has 1 fully saturated rings. The number of aryl methyl sites for hydroxylation is 1. The molecule has 0 aliphatic carbocycles. The Morgan fingerprint density at radius 1 is 1.12 bits per heavy atom. The van der Waals surface area contributed by atoms with Crippen LogP contribution in [-0.4, -0.2) is 35.4 Å². The van der Waals surface area contributed by atoms with Crippen molar-refractivity contribution in [2.75, 3.05) is 24.5 Å². The van der Waals surface area contributed by atoms with E-state index in [2.05, 4.69) is 41.1 Å². The summed E-state index contributed by atoms with van der Waals surface area (Å²) in [5.74, 6) is 0.838. The van der Waals surface area contributed by atoms with Crippen LogP contribution in [0.2, 0.25) is 0 Å². The van der Waals surface area contributed by atoms with Crippen LogP contribution in [0.1, 0.15) is 42.1 Å². The number of aromatic nitrogens is 1. The quantitative estimate of drug-likeness (QED) is 0.831. The largest absolute Gasteiger partial charge is 0.340 e. The Morgan fingerprint density at radius 3 is 2.76 bits per heavy atom. The topological polar surface area (TPSA) is 36.4 Å². The van der Waals surface area contributed by atoms with Crippen LogP contribution in [0.3, 0.4) is 0 Å². The molecule has 0 spiro atoms. The van der Waals surface area contributed by atoms with Gasteiger partial charge in [-0.25, -0.2) is 0 Å². The summed E-state index contributed by atoms with van der Waals surface area (Å²) >= 11 is 0. The maximum absolute atomic E-state index is 12.9. The first-order chi connectivity index (χ1) is 12.2. The molecule has 4 rings (SSSR count). The first kappa shape index (κ1) is 16.1. The second-order valence-corrected chi connectivity index (χ2v) is 7.29. The standard InChI is InChI=1S/C21H25N3O/c1-16-8-11-23(12-9-16)21(25)18-13-19(15-22-14-18)24-10-4-6-17-5-2-3-7-20(17)24/h2-3,5,7,13-16H,4,6,8-12H2,1H3. The number of pyridine rings is 1. The number of fused-ring (bicyclic) bond motifs is 1. The van der Waals surface area contributed by atoms with Crippen molar-refractivity contribution < 1.29 is 4.79 Å². The summed E-state index contributed by atoms with van der Waals surface area (Å²) in [6.45, 7) is 4.95. The Hall–Kier alpha value is -2.36. The lowest BCUT2D eigenvalue weighted by atomic mass is 9.98. The van der Waals surface area contributed by atoms with Gasteiger partial charge in [0.25, 0.3) is 5.91 Å². The molecule has 1 amide bonds. The molecule has 1 aromatic carbocycles. The number of benzene rings is 1. The molecule has 0 atom stereocenters. The number of piperidine rings is 1. The lowest BCUT2D eigenvalue weighted by Crippen LogP contribution is -2.38. The van der Waals surface area contributed by atoms with E-state index in [0.29, 0.717) is 5.56 Å². The number of carbonyl (C=O) groups is 1. The highest BCUT2D eigenvalue weighted by Gasteiger charge is 2.23. The molecule has 0 N–H and O–H groups in total. The average Bonchev–Trinajstić information content (AvgIpc) is 2.68. The summed E-state index contributed by atoms with van der Waals surface area (Å²) in [5, 5.41) is 0. The maximum atomic E-state index is 12.9. The van der Waals surface area contributed by atoms with Crippen molar-refractivity contribution in [1.29, 1.82) is 0 Å². The van der Waals surface area contributed by atoms with Gasteiger partial charge in [0.1, 0.15) is 0 Å². The van der Waals surface area contributed by atoms with Crippen LogP contribution in [0.4, 0.5) is 11.4 Å². The summed E-state index contributed by atoms with van der Waals surface area (Å²) in [5.41, 5.74) is 4.33. The molecule has 1 saturated heterocycles. The normalized spacial score (nSPS) is 18.1. The van der Waals surface area contributed by atoms with E-state index in [0.717, 1.165) is 56.9 Å². The second kappa shape index (κ2) is 6.87. The zero-order chi connectivity index (χ0) is 17.2. The Bertz CT molecular complexity index is 765. The van der Waals surface area contributed by atoms with Gasteiger partial charge < -0.3 is 9.80 Å². The molecule has 0 bridgehead atoms. The van der Waals surface area contributed by atoms with Crippen molar-refractivity contribution in [1.82, 2.24) is 9.88 Å². The maximum Gasteiger partial charge on any atom is 0.255 e. The summed E-state index contributed by atoms with van der Waals surface area (Å²) in [4.78, 5) is 21.5. The highest BCUT2D eigenvalue weighted by Crippen LogP contribution is 2.33. The molecule has 4 nitrogen and oxygen atoms in total. The zero-order valence-corrected chi connectivity index (χ0v) is 14.8. The van der Waals surface area contributed by atoms with Crippen molar-refractivity contribution in [2.24, 2.45) is 5.92 Å². The lowest BCUT2D eigenvalue weighted by molar-refractivity contribution is 0.0697. The van der Waals surface area contributed by atoms with Crippen LogP contribution in [0, 0.1) is 5.92 Å². The summed E-state index contributed by atoms with van der Waals surface area (Å²) < 4.78 is 0. The third kappa shape index (κ3) is 3.26. The number of para-hydroxylation sites is 1. The molecule has 0 unspecified atom stereocenters. The molecule has 2 aliphatic heterocycles. The molecular formula is C21H25N3O. The molecule has 2 aromatic rings. The predicted molar refractivity (Wildman–Crippen MR) is 100 cm³/mol. The van der Waals surface area contributed by atoms with Gasteiger partial charge in [-0.3, -0.25) is 9.78 Å². The first-order valence-corrected chi connectivity index (χ1v) is 9.32. The highest BCUT2D eigenvalue weighted by molar-refractivity contribution is 5.95. The molecule has 25 heavy (non-hydrogen) atoms. The number of hydrogen-bond donors (Lipinski definition) is 0. The van der Waals surface area contributed by atoms with Gasteiger partial charge in [-0.15, -0.1) is 0 Å². The zero-order valence-electron chi connectivity index (χ0n) is 14.8. The van der Waals surface area contributed by atoms with E-state index < -0.39 is 0 Å². The number of rotatable bonds is 2. The fourth-order valence-corrected chi connectivity index (χ4v) is 3.89. The number of carbonyl (C=O) groups excluding carboxylic acids is 1. The summed E-state index contributed by atoms with van der Waals surface area (Å²) in [7, 11) is 0. The van der Waals surface area contributed by atoms with Gasteiger partial charge in [-0.05, 0) is 49.3 Å². The van der Waals surface area contributed by atoms with Crippen molar-refractivity contribution in [3.8, 4) is 0 Å². The molecule has 0 radical (unpaired) electrons. The van der Waals surface area contributed by atoms with Crippen molar-refractivity contribution in [2.45, 2.75) is 32.6 Å². The minimum atomic E-state index is 0.117. The van der Waals surface area contributed by atoms with Gasteiger partial charge in [-0.1, -0.05) is 25.1 Å². The van der Waals surface area contributed by atoms with E-state index in [1.165, 1.54) is 11.3 Å². The van der Waals surface area contributed by atoms with Gasteiger partial charge in [-0.2, -0.15) is 0 Å². The third-order valence-electron chi connectivity index (χ3n) is 5.46. The minimum absolute atomic E-state index is 0.117. The lowest BCUT2D eigenvalue weighted by Gasteiger charge is -2.32.